The largest absolute Gasteiger partial charge is 0.344 e. The standard InChI is InChI=1S/C21H17ClN4O3/c1-13(2)25-12-15(17-5-3-4-6-20(17)25)9-14(11-23)21(27)24-19-10-16(26(28)29)7-8-18(19)22/h3-10,12-13H,1-2H3,(H,24,27)/b14-9+. The molecule has 0 unspecified atom stereocenters. The number of rotatable bonds is 5. The Morgan fingerprint density at radius 3 is 2.69 bits per heavy atom. The summed E-state index contributed by atoms with van der Waals surface area (Å²) in [5.74, 6) is -0.698. The number of nitro benzene ring substituents is 1. The first-order valence-corrected chi connectivity index (χ1v) is 9.16. The Morgan fingerprint density at radius 1 is 1.31 bits per heavy atom. The first-order chi connectivity index (χ1) is 13.8. The van der Waals surface area contributed by atoms with E-state index in [9.17, 15) is 20.2 Å². The number of fused-ring (bicyclic) bond motifs is 1. The highest BCUT2D eigenvalue weighted by atomic mass is 35.5. The van der Waals surface area contributed by atoms with E-state index >= 15 is 0 Å². The molecule has 2 aromatic carbocycles. The number of nitro groups is 1. The van der Waals surface area contributed by atoms with E-state index in [1.165, 1.54) is 18.2 Å². The number of non-ortho nitro benzene ring substituents is 1. The van der Waals surface area contributed by atoms with Crippen molar-refractivity contribution in [2.75, 3.05) is 5.32 Å². The van der Waals surface area contributed by atoms with Gasteiger partial charge < -0.3 is 9.88 Å². The predicted octanol–water partition coefficient (Wildman–Crippen LogP) is 5.33. The van der Waals surface area contributed by atoms with Crippen LogP contribution in [0.25, 0.3) is 17.0 Å². The third-order valence-electron chi connectivity index (χ3n) is 4.40. The van der Waals surface area contributed by atoms with Crippen LogP contribution in [0.3, 0.4) is 0 Å². The SMILES string of the molecule is CC(C)n1cc(/C=C(\C#N)C(=O)Nc2cc([N+](=O)[O-])ccc2Cl)c2ccccc21. The second-order valence-electron chi connectivity index (χ2n) is 6.65. The van der Waals surface area contributed by atoms with Crippen LogP contribution in [0, 0.1) is 21.4 Å². The van der Waals surface area contributed by atoms with Crippen molar-refractivity contribution in [3.05, 3.63) is 74.9 Å². The Balaban J connectivity index is 1.99. The van der Waals surface area contributed by atoms with Crippen molar-refractivity contribution in [3.63, 3.8) is 0 Å². The van der Waals surface area contributed by atoms with Crippen LogP contribution in [-0.4, -0.2) is 15.4 Å². The lowest BCUT2D eigenvalue weighted by molar-refractivity contribution is -0.384. The number of anilines is 1. The Bertz CT molecular complexity index is 1190. The molecule has 1 aromatic heterocycles. The minimum atomic E-state index is -0.698. The summed E-state index contributed by atoms with van der Waals surface area (Å²) in [7, 11) is 0. The number of amides is 1. The smallest absolute Gasteiger partial charge is 0.271 e. The molecule has 29 heavy (non-hydrogen) atoms. The van der Waals surface area contributed by atoms with E-state index in [2.05, 4.69) is 9.88 Å². The molecule has 0 saturated heterocycles. The van der Waals surface area contributed by atoms with Crippen LogP contribution >= 0.6 is 11.6 Å². The third-order valence-corrected chi connectivity index (χ3v) is 4.73. The van der Waals surface area contributed by atoms with E-state index in [4.69, 9.17) is 11.6 Å². The Labute approximate surface area is 172 Å². The van der Waals surface area contributed by atoms with E-state index in [0.717, 1.165) is 22.5 Å². The van der Waals surface area contributed by atoms with E-state index < -0.39 is 10.8 Å². The van der Waals surface area contributed by atoms with Gasteiger partial charge in [-0.15, -0.1) is 0 Å². The Morgan fingerprint density at radius 2 is 2.03 bits per heavy atom. The minimum Gasteiger partial charge on any atom is -0.344 e. The van der Waals surface area contributed by atoms with Gasteiger partial charge in [0.05, 0.1) is 15.6 Å². The Kier molecular flexibility index (Phi) is 5.66. The lowest BCUT2D eigenvalue weighted by Gasteiger charge is -2.08. The lowest BCUT2D eigenvalue weighted by atomic mass is 10.1. The third kappa shape index (κ3) is 4.13. The van der Waals surface area contributed by atoms with Gasteiger partial charge in [-0.25, -0.2) is 0 Å². The highest BCUT2D eigenvalue weighted by molar-refractivity contribution is 6.34. The molecular weight excluding hydrogens is 392 g/mol. The number of para-hydroxylation sites is 1. The fraction of sp³-hybridized carbons (Fsp3) is 0.143. The average molecular weight is 409 g/mol. The average Bonchev–Trinajstić information content (AvgIpc) is 3.06. The molecule has 0 atom stereocenters. The van der Waals surface area contributed by atoms with Crippen molar-refractivity contribution in [2.45, 2.75) is 19.9 Å². The van der Waals surface area contributed by atoms with Gasteiger partial charge in [-0.3, -0.25) is 14.9 Å². The summed E-state index contributed by atoms with van der Waals surface area (Å²) in [5, 5.41) is 24.0. The number of carbonyl (C=O) groups is 1. The van der Waals surface area contributed by atoms with Gasteiger partial charge in [-0.2, -0.15) is 5.26 Å². The highest BCUT2D eigenvalue weighted by Crippen LogP contribution is 2.29. The zero-order valence-corrected chi connectivity index (χ0v) is 16.5. The molecule has 1 heterocycles. The molecule has 0 aliphatic rings. The summed E-state index contributed by atoms with van der Waals surface area (Å²) in [5.41, 5.74) is 1.43. The monoisotopic (exact) mass is 408 g/mol. The molecule has 1 N–H and O–H groups in total. The molecule has 3 aromatic rings. The van der Waals surface area contributed by atoms with Crippen molar-refractivity contribution in [2.24, 2.45) is 0 Å². The number of hydrogen-bond acceptors (Lipinski definition) is 4. The maximum Gasteiger partial charge on any atom is 0.271 e. The Hall–Kier alpha value is -3.63. The maximum atomic E-state index is 12.6. The summed E-state index contributed by atoms with van der Waals surface area (Å²) in [4.78, 5) is 23.0. The van der Waals surface area contributed by atoms with Gasteiger partial charge in [0, 0.05) is 40.8 Å². The van der Waals surface area contributed by atoms with Crippen LogP contribution in [0.15, 0.2) is 54.2 Å². The van der Waals surface area contributed by atoms with Gasteiger partial charge in [0.1, 0.15) is 11.6 Å². The maximum absolute atomic E-state index is 12.6. The molecule has 1 amide bonds. The normalized spacial score (nSPS) is 11.5. The molecule has 0 radical (unpaired) electrons. The minimum absolute atomic E-state index is 0.0663. The first-order valence-electron chi connectivity index (χ1n) is 8.78. The van der Waals surface area contributed by atoms with Crippen molar-refractivity contribution in [1.29, 1.82) is 5.26 Å². The van der Waals surface area contributed by atoms with Gasteiger partial charge in [0.2, 0.25) is 0 Å². The summed E-state index contributed by atoms with van der Waals surface area (Å²) in [6.45, 7) is 4.09. The second-order valence-corrected chi connectivity index (χ2v) is 7.06. The van der Waals surface area contributed by atoms with Crippen LogP contribution in [0.5, 0.6) is 0 Å². The number of nitriles is 1. The van der Waals surface area contributed by atoms with Crippen LogP contribution in [0.2, 0.25) is 5.02 Å². The molecule has 7 nitrogen and oxygen atoms in total. The van der Waals surface area contributed by atoms with Crippen molar-refractivity contribution in [3.8, 4) is 6.07 Å². The molecule has 8 heteroatoms. The zero-order valence-electron chi connectivity index (χ0n) is 15.7. The van der Waals surface area contributed by atoms with Gasteiger partial charge in [-0.05, 0) is 32.1 Å². The molecule has 0 bridgehead atoms. The molecule has 3 rings (SSSR count). The van der Waals surface area contributed by atoms with Crippen LogP contribution < -0.4 is 5.32 Å². The van der Waals surface area contributed by atoms with Crippen molar-refractivity contribution >= 4 is 45.9 Å². The number of halogens is 1. The molecule has 0 saturated carbocycles. The molecule has 0 spiro atoms. The first kappa shape index (κ1) is 20.1. The number of aromatic nitrogens is 1. The van der Waals surface area contributed by atoms with E-state index in [0.29, 0.717) is 0 Å². The summed E-state index contributed by atoms with van der Waals surface area (Å²) < 4.78 is 2.06. The van der Waals surface area contributed by atoms with Gasteiger partial charge in [-0.1, -0.05) is 29.8 Å². The molecule has 146 valence electrons. The summed E-state index contributed by atoms with van der Waals surface area (Å²) in [6, 6.07) is 13.5. The second kappa shape index (κ2) is 8.17. The van der Waals surface area contributed by atoms with Crippen LogP contribution in [0.4, 0.5) is 11.4 Å². The fourth-order valence-electron chi connectivity index (χ4n) is 2.99. The number of carbonyl (C=O) groups excluding carboxylic acids is 1. The molecule has 0 aliphatic heterocycles. The van der Waals surface area contributed by atoms with Gasteiger partial charge >= 0.3 is 0 Å². The summed E-state index contributed by atoms with van der Waals surface area (Å²) >= 11 is 6.03. The molecular formula is C21H17ClN4O3. The van der Waals surface area contributed by atoms with Crippen molar-refractivity contribution < 1.29 is 9.72 Å². The van der Waals surface area contributed by atoms with E-state index in [-0.39, 0.29) is 28.0 Å². The van der Waals surface area contributed by atoms with E-state index in [1.54, 1.807) is 0 Å². The van der Waals surface area contributed by atoms with Crippen LogP contribution in [0.1, 0.15) is 25.5 Å². The topological polar surface area (TPSA) is 101 Å². The summed E-state index contributed by atoms with van der Waals surface area (Å²) in [6.07, 6.45) is 3.39. The van der Waals surface area contributed by atoms with Gasteiger partial charge in [0.25, 0.3) is 11.6 Å². The highest BCUT2D eigenvalue weighted by Gasteiger charge is 2.16. The van der Waals surface area contributed by atoms with Crippen molar-refractivity contribution in [1.82, 2.24) is 4.57 Å². The zero-order chi connectivity index (χ0) is 21.1. The lowest BCUT2D eigenvalue weighted by Crippen LogP contribution is -2.14. The fourth-order valence-corrected chi connectivity index (χ4v) is 3.16. The predicted molar refractivity (Wildman–Crippen MR) is 113 cm³/mol. The quantitative estimate of drug-likeness (QED) is 0.267. The van der Waals surface area contributed by atoms with Crippen LogP contribution in [-0.2, 0) is 4.79 Å². The number of benzene rings is 2. The van der Waals surface area contributed by atoms with Gasteiger partial charge in [0.15, 0.2) is 0 Å². The number of nitrogens with zero attached hydrogens (tertiary/aromatic N) is 3. The molecule has 0 fully saturated rings. The van der Waals surface area contributed by atoms with E-state index in [1.807, 2.05) is 50.4 Å². The number of hydrogen-bond donors (Lipinski definition) is 1. The molecule has 0 aliphatic carbocycles. The number of nitrogens with one attached hydrogen (secondary N) is 1.